The van der Waals surface area contributed by atoms with Crippen LogP contribution in [-0.4, -0.2) is 16.3 Å². The standard InChI is InChI=1S/C13H24ClN3/c1-6-13(4,5)12(15-7-2)11-10(14)9-16-17(11)8-3/h9,12,15H,6-8H2,1-5H3. The van der Waals surface area contributed by atoms with Crippen molar-refractivity contribution in [3.05, 3.63) is 16.9 Å². The van der Waals surface area contributed by atoms with Crippen molar-refractivity contribution in [3.63, 3.8) is 0 Å². The fourth-order valence-corrected chi connectivity index (χ4v) is 2.31. The molecule has 0 aliphatic heterocycles. The van der Waals surface area contributed by atoms with Gasteiger partial charge in [-0.3, -0.25) is 4.68 Å². The third kappa shape index (κ3) is 3.02. The molecule has 98 valence electrons. The molecular weight excluding hydrogens is 234 g/mol. The van der Waals surface area contributed by atoms with E-state index in [0.29, 0.717) is 0 Å². The molecule has 17 heavy (non-hydrogen) atoms. The molecular formula is C13H24ClN3. The van der Waals surface area contributed by atoms with Crippen molar-refractivity contribution in [3.8, 4) is 0 Å². The number of hydrogen-bond acceptors (Lipinski definition) is 2. The summed E-state index contributed by atoms with van der Waals surface area (Å²) in [6.07, 6.45) is 2.84. The summed E-state index contributed by atoms with van der Waals surface area (Å²) in [7, 11) is 0. The average Bonchev–Trinajstić information content (AvgIpc) is 2.67. The van der Waals surface area contributed by atoms with Crippen LogP contribution in [0.5, 0.6) is 0 Å². The SMILES string of the molecule is CCNC(c1c(Cl)cnn1CC)C(C)(C)CC. The predicted octanol–water partition coefficient (Wildman–Crippen LogP) is 3.64. The van der Waals surface area contributed by atoms with Crippen LogP contribution in [0.3, 0.4) is 0 Å². The number of aryl methyl sites for hydroxylation is 1. The van der Waals surface area contributed by atoms with Gasteiger partial charge < -0.3 is 5.32 Å². The highest BCUT2D eigenvalue weighted by Gasteiger charge is 2.32. The summed E-state index contributed by atoms with van der Waals surface area (Å²) < 4.78 is 1.99. The Labute approximate surface area is 110 Å². The maximum absolute atomic E-state index is 6.29. The monoisotopic (exact) mass is 257 g/mol. The van der Waals surface area contributed by atoms with E-state index in [4.69, 9.17) is 11.6 Å². The topological polar surface area (TPSA) is 29.9 Å². The minimum Gasteiger partial charge on any atom is -0.308 e. The highest BCUT2D eigenvalue weighted by atomic mass is 35.5. The first-order valence-corrected chi connectivity index (χ1v) is 6.80. The molecule has 0 aliphatic carbocycles. The van der Waals surface area contributed by atoms with Crippen molar-refractivity contribution in [2.75, 3.05) is 6.54 Å². The van der Waals surface area contributed by atoms with Crippen LogP contribution in [0.25, 0.3) is 0 Å². The van der Waals surface area contributed by atoms with Crippen LogP contribution in [0.1, 0.15) is 52.8 Å². The van der Waals surface area contributed by atoms with E-state index in [1.807, 2.05) is 4.68 Å². The molecule has 0 fully saturated rings. The third-order valence-corrected chi connectivity index (χ3v) is 3.80. The van der Waals surface area contributed by atoms with E-state index in [1.165, 1.54) is 0 Å². The van der Waals surface area contributed by atoms with Crippen molar-refractivity contribution >= 4 is 11.6 Å². The van der Waals surface area contributed by atoms with Gasteiger partial charge in [0.15, 0.2) is 0 Å². The molecule has 1 N–H and O–H groups in total. The Morgan fingerprint density at radius 2 is 2.06 bits per heavy atom. The summed E-state index contributed by atoms with van der Waals surface area (Å²) in [5.74, 6) is 0. The van der Waals surface area contributed by atoms with Crippen LogP contribution in [0.2, 0.25) is 5.02 Å². The van der Waals surface area contributed by atoms with Gasteiger partial charge in [0.2, 0.25) is 0 Å². The minimum absolute atomic E-state index is 0.159. The quantitative estimate of drug-likeness (QED) is 0.843. The summed E-state index contributed by atoms with van der Waals surface area (Å²) in [6.45, 7) is 12.7. The van der Waals surface area contributed by atoms with Crippen LogP contribution in [0.4, 0.5) is 0 Å². The lowest BCUT2D eigenvalue weighted by atomic mass is 9.80. The zero-order valence-corrected chi connectivity index (χ0v) is 12.3. The lowest BCUT2D eigenvalue weighted by Crippen LogP contribution is -2.35. The average molecular weight is 258 g/mol. The first-order chi connectivity index (χ1) is 7.97. The Morgan fingerprint density at radius 3 is 2.53 bits per heavy atom. The van der Waals surface area contributed by atoms with E-state index >= 15 is 0 Å². The van der Waals surface area contributed by atoms with Crippen LogP contribution >= 0.6 is 11.6 Å². The van der Waals surface area contributed by atoms with E-state index in [-0.39, 0.29) is 11.5 Å². The van der Waals surface area contributed by atoms with E-state index in [2.05, 4.69) is 45.0 Å². The summed E-state index contributed by atoms with van der Waals surface area (Å²) in [4.78, 5) is 0. The molecule has 1 rings (SSSR count). The third-order valence-electron chi connectivity index (χ3n) is 3.51. The summed E-state index contributed by atoms with van der Waals surface area (Å²) in [5.41, 5.74) is 1.27. The predicted molar refractivity (Wildman–Crippen MR) is 73.4 cm³/mol. The van der Waals surface area contributed by atoms with E-state index in [1.54, 1.807) is 6.20 Å². The molecule has 0 saturated heterocycles. The van der Waals surface area contributed by atoms with E-state index in [0.717, 1.165) is 30.2 Å². The fraction of sp³-hybridized carbons (Fsp3) is 0.769. The van der Waals surface area contributed by atoms with Gasteiger partial charge in [-0.05, 0) is 25.3 Å². The number of rotatable bonds is 6. The number of hydrogen-bond donors (Lipinski definition) is 1. The highest BCUT2D eigenvalue weighted by molar-refractivity contribution is 6.31. The van der Waals surface area contributed by atoms with Gasteiger partial charge in [-0.1, -0.05) is 39.3 Å². The molecule has 0 aliphatic rings. The number of aromatic nitrogens is 2. The van der Waals surface area contributed by atoms with Gasteiger partial charge in [0.25, 0.3) is 0 Å². The Bertz CT molecular complexity index is 358. The lowest BCUT2D eigenvalue weighted by Gasteiger charge is -2.34. The number of nitrogens with one attached hydrogen (secondary N) is 1. The normalized spacial score (nSPS) is 14.0. The summed E-state index contributed by atoms with van der Waals surface area (Å²) in [5, 5.41) is 8.64. The molecule has 0 radical (unpaired) electrons. The molecule has 0 spiro atoms. The van der Waals surface area contributed by atoms with Gasteiger partial charge in [0.05, 0.1) is 23.0 Å². The van der Waals surface area contributed by atoms with Crippen molar-refractivity contribution in [1.82, 2.24) is 15.1 Å². The first kappa shape index (κ1) is 14.5. The second-order valence-corrected chi connectivity index (χ2v) is 5.43. The summed E-state index contributed by atoms with van der Waals surface area (Å²) >= 11 is 6.29. The van der Waals surface area contributed by atoms with Gasteiger partial charge in [-0.15, -0.1) is 0 Å². The Balaban J connectivity index is 3.17. The largest absolute Gasteiger partial charge is 0.308 e. The molecule has 0 amide bonds. The first-order valence-electron chi connectivity index (χ1n) is 6.42. The Morgan fingerprint density at radius 1 is 1.41 bits per heavy atom. The smallest absolute Gasteiger partial charge is 0.0834 e. The van der Waals surface area contributed by atoms with Gasteiger partial charge in [-0.25, -0.2) is 0 Å². The molecule has 0 aromatic carbocycles. The molecule has 0 saturated carbocycles. The van der Waals surface area contributed by atoms with Crippen molar-refractivity contribution < 1.29 is 0 Å². The Kier molecular flexibility index (Phi) is 5.02. The molecule has 1 atom stereocenters. The minimum atomic E-state index is 0.159. The van der Waals surface area contributed by atoms with Crippen LogP contribution < -0.4 is 5.32 Å². The maximum atomic E-state index is 6.29. The molecule has 1 aromatic heterocycles. The van der Waals surface area contributed by atoms with Crippen LogP contribution in [0, 0.1) is 5.41 Å². The van der Waals surface area contributed by atoms with Crippen LogP contribution in [-0.2, 0) is 6.54 Å². The van der Waals surface area contributed by atoms with Crippen molar-refractivity contribution in [2.24, 2.45) is 5.41 Å². The number of nitrogens with zero attached hydrogens (tertiary/aromatic N) is 2. The van der Waals surface area contributed by atoms with E-state index < -0.39 is 0 Å². The summed E-state index contributed by atoms with van der Waals surface area (Å²) in [6, 6.07) is 0.243. The molecule has 1 aromatic rings. The van der Waals surface area contributed by atoms with Crippen molar-refractivity contribution in [1.29, 1.82) is 0 Å². The van der Waals surface area contributed by atoms with Gasteiger partial charge >= 0.3 is 0 Å². The second kappa shape index (κ2) is 5.87. The lowest BCUT2D eigenvalue weighted by molar-refractivity contribution is 0.226. The maximum Gasteiger partial charge on any atom is 0.0834 e. The highest BCUT2D eigenvalue weighted by Crippen LogP contribution is 2.38. The van der Waals surface area contributed by atoms with Crippen LogP contribution in [0.15, 0.2) is 6.20 Å². The molecule has 1 unspecified atom stereocenters. The Hall–Kier alpha value is -0.540. The molecule has 3 nitrogen and oxygen atoms in total. The molecule has 0 bridgehead atoms. The zero-order valence-electron chi connectivity index (χ0n) is 11.5. The second-order valence-electron chi connectivity index (χ2n) is 5.03. The van der Waals surface area contributed by atoms with E-state index in [9.17, 15) is 0 Å². The van der Waals surface area contributed by atoms with Gasteiger partial charge in [-0.2, -0.15) is 5.10 Å². The van der Waals surface area contributed by atoms with Gasteiger partial charge in [0, 0.05) is 6.54 Å². The molecule has 4 heteroatoms. The zero-order chi connectivity index (χ0) is 13.1. The van der Waals surface area contributed by atoms with Crippen molar-refractivity contribution in [2.45, 2.75) is 53.6 Å². The number of halogens is 1. The fourth-order valence-electron chi connectivity index (χ4n) is 2.06. The van der Waals surface area contributed by atoms with Gasteiger partial charge in [0.1, 0.15) is 0 Å². The molecule has 1 heterocycles.